The van der Waals surface area contributed by atoms with Crippen LogP contribution in [0.3, 0.4) is 0 Å². The summed E-state index contributed by atoms with van der Waals surface area (Å²) in [6, 6.07) is 9.82. The molecule has 1 aliphatic heterocycles. The number of hydrogen-bond acceptors (Lipinski definition) is 5. The monoisotopic (exact) mass is 536 g/mol. The van der Waals surface area contributed by atoms with Gasteiger partial charge in [0, 0.05) is 5.92 Å². The predicted molar refractivity (Wildman–Crippen MR) is 136 cm³/mol. The third-order valence-corrected chi connectivity index (χ3v) is 10.9. The quantitative estimate of drug-likeness (QED) is 0.156. The summed E-state index contributed by atoms with van der Waals surface area (Å²) in [5.41, 5.74) is 1.04. The molecule has 0 unspecified atom stereocenters. The first-order valence-corrected chi connectivity index (χ1v) is 15.1. The highest BCUT2D eigenvalue weighted by molar-refractivity contribution is 6.74. The molecule has 0 saturated heterocycles. The van der Waals surface area contributed by atoms with E-state index in [1.165, 1.54) is 0 Å². The van der Waals surface area contributed by atoms with Gasteiger partial charge in [-0.3, -0.25) is 0 Å². The topological polar surface area (TPSA) is 54.0 Å². The van der Waals surface area contributed by atoms with Crippen molar-refractivity contribution in [3.05, 3.63) is 48.0 Å². The van der Waals surface area contributed by atoms with Gasteiger partial charge in [0.25, 0.3) is 0 Å². The molecular formula is C24H35Cl3O5Si. The van der Waals surface area contributed by atoms with Crippen LogP contribution < -0.4 is 0 Å². The molecular weight excluding hydrogens is 503 g/mol. The second-order valence-corrected chi connectivity index (χ2v) is 17.1. The zero-order chi connectivity index (χ0) is 24.9. The number of rotatable bonds is 9. The summed E-state index contributed by atoms with van der Waals surface area (Å²) in [6.07, 6.45) is 2.33. The number of carbonyl (C=O) groups excluding carboxylic acids is 1. The van der Waals surface area contributed by atoms with Crippen LogP contribution in [-0.4, -0.2) is 49.6 Å². The lowest BCUT2D eigenvalue weighted by Gasteiger charge is -2.41. The van der Waals surface area contributed by atoms with Crippen molar-refractivity contribution in [3.63, 3.8) is 0 Å². The van der Waals surface area contributed by atoms with Crippen molar-refractivity contribution >= 4 is 49.1 Å². The summed E-state index contributed by atoms with van der Waals surface area (Å²) < 4.78 is 22.1. The maximum absolute atomic E-state index is 12.9. The highest BCUT2D eigenvalue weighted by Crippen LogP contribution is 2.38. The molecule has 2 rings (SSSR count). The predicted octanol–water partition coefficient (Wildman–Crippen LogP) is 6.47. The molecule has 1 aromatic rings. The third kappa shape index (κ3) is 9.17. The van der Waals surface area contributed by atoms with Gasteiger partial charge in [-0.15, -0.1) is 0 Å². The average Bonchev–Trinajstić information content (AvgIpc) is 2.71. The second kappa shape index (κ2) is 11.9. The van der Waals surface area contributed by atoms with Crippen LogP contribution in [0.4, 0.5) is 0 Å². The standard InChI is InChI=1S/C24H35Cl3O5Si/c1-17(32-33(5,6)23(2,3)4)20-13-12-19(15-29-14-18-10-8-7-9-11-18)21(31-20)22(28)30-16-24(25,26)27/h7-13,17,19-21H,14-16H2,1-6H3/t17-,19-,20+,21-/m0/s1. The van der Waals surface area contributed by atoms with Gasteiger partial charge in [0.05, 0.1) is 19.3 Å². The SMILES string of the molecule is C[C@H](O[Si](C)(C)C(C)(C)C)[C@H]1C=C[C@@H](COCc2ccccc2)[C@@H](C(=O)OCC(Cl)(Cl)Cl)O1. The van der Waals surface area contributed by atoms with Crippen LogP contribution in [0.5, 0.6) is 0 Å². The fraction of sp³-hybridized carbons (Fsp3) is 0.625. The Kier molecular flexibility index (Phi) is 10.3. The second-order valence-electron chi connectivity index (χ2n) is 9.88. The largest absolute Gasteiger partial charge is 0.459 e. The number of halogens is 3. The molecule has 0 aliphatic carbocycles. The molecule has 9 heteroatoms. The summed E-state index contributed by atoms with van der Waals surface area (Å²) in [6.45, 7) is 13.2. The van der Waals surface area contributed by atoms with Gasteiger partial charge >= 0.3 is 5.97 Å². The van der Waals surface area contributed by atoms with E-state index in [1.54, 1.807) is 0 Å². The van der Waals surface area contributed by atoms with Crippen LogP contribution in [0, 0.1) is 5.92 Å². The fourth-order valence-corrected chi connectivity index (χ4v) is 4.72. The van der Waals surface area contributed by atoms with E-state index in [9.17, 15) is 4.79 Å². The fourth-order valence-electron chi connectivity index (χ4n) is 3.14. The first kappa shape index (κ1) is 28.6. The maximum Gasteiger partial charge on any atom is 0.336 e. The third-order valence-electron chi connectivity index (χ3n) is 6.02. The number of hydrogen-bond donors (Lipinski definition) is 0. The lowest BCUT2D eigenvalue weighted by molar-refractivity contribution is -0.169. The summed E-state index contributed by atoms with van der Waals surface area (Å²) in [7, 11) is -2.02. The van der Waals surface area contributed by atoms with Gasteiger partial charge in [0.15, 0.2) is 14.4 Å². The van der Waals surface area contributed by atoms with Crippen LogP contribution >= 0.6 is 34.8 Å². The van der Waals surface area contributed by atoms with Crippen molar-refractivity contribution < 1.29 is 23.4 Å². The minimum atomic E-state index is -2.02. The van der Waals surface area contributed by atoms with Crippen molar-refractivity contribution in [1.82, 2.24) is 0 Å². The number of benzene rings is 1. The zero-order valence-electron chi connectivity index (χ0n) is 20.1. The highest BCUT2D eigenvalue weighted by Gasteiger charge is 2.42. The first-order chi connectivity index (χ1) is 15.2. The molecule has 0 bridgehead atoms. The lowest BCUT2D eigenvalue weighted by Crippen LogP contribution is -2.49. The number of ether oxygens (including phenoxy) is 3. The van der Waals surface area contributed by atoms with Gasteiger partial charge in [0.2, 0.25) is 3.79 Å². The molecule has 0 N–H and O–H groups in total. The Bertz CT molecular complexity index is 790. The Morgan fingerprint density at radius 3 is 2.33 bits per heavy atom. The van der Waals surface area contributed by atoms with Gasteiger partial charge < -0.3 is 18.6 Å². The molecule has 1 heterocycles. The molecule has 4 atom stereocenters. The molecule has 0 aromatic heterocycles. The highest BCUT2D eigenvalue weighted by atomic mass is 35.6. The molecule has 1 aliphatic rings. The Labute approximate surface area is 213 Å². The smallest absolute Gasteiger partial charge is 0.336 e. The van der Waals surface area contributed by atoms with E-state index in [4.69, 9.17) is 53.4 Å². The molecule has 0 amide bonds. The van der Waals surface area contributed by atoms with Crippen molar-refractivity contribution in [1.29, 1.82) is 0 Å². The van der Waals surface area contributed by atoms with Crippen molar-refractivity contribution in [2.24, 2.45) is 5.92 Å². The van der Waals surface area contributed by atoms with Crippen LogP contribution in [-0.2, 0) is 30.0 Å². The Balaban J connectivity index is 2.10. The van der Waals surface area contributed by atoms with Crippen LogP contribution in [0.25, 0.3) is 0 Å². The van der Waals surface area contributed by atoms with Crippen molar-refractivity contribution in [3.8, 4) is 0 Å². The first-order valence-electron chi connectivity index (χ1n) is 11.1. The van der Waals surface area contributed by atoms with E-state index in [0.717, 1.165) is 5.56 Å². The van der Waals surface area contributed by atoms with Crippen molar-refractivity contribution in [2.45, 2.75) is 74.5 Å². The molecule has 5 nitrogen and oxygen atoms in total. The molecule has 186 valence electrons. The van der Waals surface area contributed by atoms with Crippen LogP contribution in [0.1, 0.15) is 33.3 Å². The average molecular weight is 538 g/mol. The summed E-state index contributed by atoms with van der Waals surface area (Å²) >= 11 is 17.3. The van der Waals surface area contributed by atoms with E-state index in [-0.39, 0.29) is 30.3 Å². The molecule has 0 spiro atoms. The number of esters is 1. The minimum Gasteiger partial charge on any atom is -0.459 e. The molecule has 0 saturated carbocycles. The maximum atomic E-state index is 12.9. The number of alkyl halides is 3. The van der Waals surface area contributed by atoms with Gasteiger partial charge in [-0.25, -0.2) is 4.79 Å². The number of carbonyl (C=O) groups is 1. The Morgan fingerprint density at radius 1 is 1.12 bits per heavy atom. The van der Waals surface area contributed by atoms with Crippen molar-refractivity contribution in [2.75, 3.05) is 13.2 Å². The van der Waals surface area contributed by atoms with Gasteiger partial charge in [-0.2, -0.15) is 0 Å². The van der Waals surface area contributed by atoms with Gasteiger partial charge in [0.1, 0.15) is 12.7 Å². The van der Waals surface area contributed by atoms with E-state index >= 15 is 0 Å². The van der Waals surface area contributed by atoms with Gasteiger partial charge in [-0.1, -0.05) is 98.1 Å². The summed E-state index contributed by atoms with van der Waals surface area (Å²) in [5.74, 6) is -0.934. The van der Waals surface area contributed by atoms with Gasteiger partial charge in [-0.05, 0) is 30.6 Å². The zero-order valence-corrected chi connectivity index (χ0v) is 23.4. The summed E-state index contributed by atoms with van der Waals surface area (Å²) in [4.78, 5) is 12.9. The molecule has 1 aromatic carbocycles. The van der Waals surface area contributed by atoms with E-state index in [1.807, 2.05) is 49.4 Å². The molecule has 0 radical (unpaired) electrons. The Hall–Kier alpha value is -0.603. The van der Waals surface area contributed by atoms with Crippen LogP contribution in [0.15, 0.2) is 42.5 Å². The van der Waals surface area contributed by atoms with Crippen LogP contribution in [0.2, 0.25) is 18.1 Å². The van der Waals surface area contributed by atoms with E-state index in [0.29, 0.717) is 6.61 Å². The lowest BCUT2D eigenvalue weighted by atomic mass is 9.97. The molecule has 33 heavy (non-hydrogen) atoms. The normalized spacial score (nSPS) is 22.8. The van der Waals surface area contributed by atoms with E-state index < -0.39 is 30.3 Å². The minimum absolute atomic E-state index is 0.0517. The Morgan fingerprint density at radius 2 is 1.76 bits per heavy atom. The molecule has 0 fully saturated rings. The summed E-state index contributed by atoms with van der Waals surface area (Å²) in [5, 5.41) is 0.0517. The van der Waals surface area contributed by atoms with E-state index in [2.05, 4.69) is 33.9 Å².